The van der Waals surface area contributed by atoms with Gasteiger partial charge in [-0.1, -0.05) is 41.7 Å². The summed E-state index contributed by atoms with van der Waals surface area (Å²) >= 11 is 2.68. The molecule has 0 fully saturated rings. The molecule has 1 aromatic heterocycles. The third-order valence-electron chi connectivity index (χ3n) is 6.35. The number of carbonyl (C=O) groups excluding carboxylic acids is 2. The van der Waals surface area contributed by atoms with Gasteiger partial charge in [-0.05, 0) is 73.2 Å². The van der Waals surface area contributed by atoms with Crippen LogP contribution in [-0.4, -0.2) is 45.6 Å². The Morgan fingerprint density at radius 1 is 0.864 bits per heavy atom. The maximum absolute atomic E-state index is 13.6. The summed E-state index contributed by atoms with van der Waals surface area (Å²) in [7, 11) is 0. The van der Waals surface area contributed by atoms with E-state index >= 15 is 0 Å². The number of anilines is 2. The number of amides is 2. The first-order valence-electron chi connectivity index (χ1n) is 13.3. The number of benzene rings is 4. The van der Waals surface area contributed by atoms with Gasteiger partial charge in [0.15, 0.2) is 5.13 Å². The Labute approximate surface area is 259 Å². The highest BCUT2D eigenvalue weighted by Crippen LogP contribution is 2.38. The third-order valence-corrected chi connectivity index (χ3v) is 8.55. The lowest BCUT2D eigenvalue weighted by molar-refractivity contribution is -0.115. The Hall–Kier alpha value is -5.20. The van der Waals surface area contributed by atoms with Crippen molar-refractivity contribution in [3.63, 3.8) is 0 Å². The van der Waals surface area contributed by atoms with E-state index in [2.05, 4.69) is 15.6 Å². The van der Waals surface area contributed by atoms with Gasteiger partial charge in [-0.2, -0.15) is 0 Å². The molecule has 0 radical (unpaired) electrons. The van der Waals surface area contributed by atoms with Crippen LogP contribution in [0.2, 0.25) is 0 Å². The number of carbonyl (C=O) groups is 4. The minimum absolute atomic E-state index is 0.175. The zero-order chi connectivity index (χ0) is 31.2. The number of carboxylic acids is 2. The van der Waals surface area contributed by atoms with E-state index in [9.17, 15) is 24.3 Å². The first-order chi connectivity index (χ1) is 21.2. The van der Waals surface area contributed by atoms with Crippen LogP contribution in [0.4, 0.5) is 10.8 Å². The molecule has 4 aromatic carbocycles. The summed E-state index contributed by atoms with van der Waals surface area (Å²) < 4.78 is 6.46. The number of thioether (sulfide) groups is 1. The molecule has 10 nitrogen and oxygen atoms in total. The maximum atomic E-state index is 13.6. The van der Waals surface area contributed by atoms with Gasteiger partial charge in [0, 0.05) is 10.6 Å². The maximum Gasteiger partial charge on any atom is 0.336 e. The van der Waals surface area contributed by atoms with Crippen LogP contribution in [-0.2, 0) is 4.79 Å². The predicted octanol–water partition coefficient (Wildman–Crippen LogP) is 6.82. The van der Waals surface area contributed by atoms with E-state index in [4.69, 9.17) is 9.84 Å². The van der Waals surface area contributed by atoms with Crippen LogP contribution in [0.3, 0.4) is 0 Å². The molecule has 0 aliphatic rings. The van der Waals surface area contributed by atoms with Crippen molar-refractivity contribution < 1.29 is 34.1 Å². The number of hydrogen-bond acceptors (Lipinski definition) is 8. The smallest absolute Gasteiger partial charge is 0.336 e. The number of nitrogens with zero attached hydrogens (tertiary/aromatic N) is 1. The first kappa shape index (κ1) is 30.3. The molecule has 1 atom stereocenters. The molecule has 0 saturated carbocycles. The monoisotopic (exact) mass is 627 g/mol. The summed E-state index contributed by atoms with van der Waals surface area (Å²) in [4.78, 5) is 54.6. The number of aromatic carboxylic acids is 2. The summed E-state index contributed by atoms with van der Waals surface area (Å²) in [5.74, 6) is -2.95. The molecule has 5 rings (SSSR count). The second-order valence-corrected chi connectivity index (χ2v) is 11.5. The normalized spacial score (nSPS) is 11.5. The van der Waals surface area contributed by atoms with Crippen molar-refractivity contribution in [1.29, 1.82) is 0 Å². The van der Waals surface area contributed by atoms with E-state index in [0.717, 1.165) is 32.5 Å². The highest BCUT2D eigenvalue weighted by Gasteiger charge is 2.24. The molecule has 0 bridgehead atoms. The van der Waals surface area contributed by atoms with E-state index < -0.39 is 28.7 Å². The highest BCUT2D eigenvalue weighted by molar-refractivity contribution is 8.00. The van der Waals surface area contributed by atoms with Crippen molar-refractivity contribution in [3.8, 4) is 5.75 Å². The molecule has 222 valence electrons. The van der Waals surface area contributed by atoms with Gasteiger partial charge < -0.3 is 25.6 Å². The number of thiazole rings is 1. The molecular formula is C32H25N3O7S2. The zero-order valence-corrected chi connectivity index (χ0v) is 24.8. The second kappa shape index (κ2) is 13.4. The van der Waals surface area contributed by atoms with Crippen LogP contribution in [0.25, 0.3) is 10.2 Å². The molecule has 0 aliphatic carbocycles. The first-order valence-corrected chi connectivity index (χ1v) is 15.0. The SMILES string of the molecule is CCOc1ccc2nc(NC(=O)C(Sc3ccc(NC(=O)c4ccc(C(=O)O)cc4C(=O)O)cc3)c3ccccc3)sc2c1. The van der Waals surface area contributed by atoms with Crippen LogP contribution in [0.5, 0.6) is 5.75 Å². The van der Waals surface area contributed by atoms with Crippen molar-refractivity contribution in [2.24, 2.45) is 0 Å². The fourth-order valence-electron chi connectivity index (χ4n) is 4.29. The minimum Gasteiger partial charge on any atom is -0.494 e. The van der Waals surface area contributed by atoms with Gasteiger partial charge in [0.25, 0.3) is 5.91 Å². The van der Waals surface area contributed by atoms with Gasteiger partial charge >= 0.3 is 11.9 Å². The van der Waals surface area contributed by atoms with Crippen LogP contribution in [0, 0.1) is 0 Å². The number of hydrogen-bond donors (Lipinski definition) is 4. The van der Waals surface area contributed by atoms with Crippen molar-refractivity contribution >= 4 is 67.9 Å². The van der Waals surface area contributed by atoms with Crippen LogP contribution in [0.1, 0.15) is 48.8 Å². The molecule has 1 heterocycles. The fraction of sp³-hybridized carbons (Fsp3) is 0.0938. The third kappa shape index (κ3) is 7.05. The van der Waals surface area contributed by atoms with Crippen LogP contribution < -0.4 is 15.4 Å². The average Bonchev–Trinajstić information content (AvgIpc) is 3.42. The molecule has 1 unspecified atom stereocenters. The van der Waals surface area contributed by atoms with E-state index in [1.165, 1.54) is 35.2 Å². The van der Waals surface area contributed by atoms with Crippen molar-refractivity contribution in [2.45, 2.75) is 17.1 Å². The molecular weight excluding hydrogens is 603 g/mol. The number of nitrogens with one attached hydrogen (secondary N) is 2. The summed E-state index contributed by atoms with van der Waals surface area (Å²) in [5.41, 5.74) is 1.09. The standard InChI is InChI=1S/C32H25N3O7S2/c1-2-42-21-11-15-25-26(17-21)44-32(34-25)35-29(37)27(18-6-4-3-5-7-18)43-22-12-9-20(10-13-22)33-28(36)23-14-8-19(30(38)39)16-24(23)31(40)41/h3-17,27H,2H2,1H3,(H,33,36)(H,38,39)(H,40,41)(H,34,35,37). The highest BCUT2D eigenvalue weighted by atomic mass is 32.2. The van der Waals surface area contributed by atoms with E-state index in [1.54, 1.807) is 24.3 Å². The number of carboxylic acid groups (broad SMARTS) is 2. The minimum atomic E-state index is -1.42. The van der Waals surface area contributed by atoms with E-state index in [1.807, 2.05) is 55.5 Å². The van der Waals surface area contributed by atoms with E-state index in [-0.39, 0.29) is 17.0 Å². The number of rotatable bonds is 11. The molecule has 0 saturated heterocycles. The molecule has 4 N–H and O–H groups in total. The average molecular weight is 628 g/mol. The van der Waals surface area contributed by atoms with Gasteiger partial charge in [0.2, 0.25) is 5.91 Å². The Bertz CT molecular complexity index is 1860. The van der Waals surface area contributed by atoms with Crippen LogP contribution in [0.15, 0.2) is 95.9 Å². The molecule has 5 aromatic rings. The molecule has 0 spiro atoms. The summed E-state index contributed by atoms with van der Waals surface area (Å²) in [6, 6.07) is 24.9. The molecule has 44 heavy (non-hydrogen) atoms. The Morgan fingerprint density at radius 2 is 1.61 bits per heavy atom. The van der Waals surface area contributed by atoms with Gasteiger partial charge in [0.05, 0.1) is 33.5 Å². The number of aromatic nitrogens is 1. The Balaban J connectivity index is 1.32. The molecule has 2 amide bonds. The van der Waals surface area contributed by atoms with Crippen molar-refractivity contribution in [3.05, 3.63) is 113 Å². The molecule has 0 aliphatic heterocycles. The topological polar surface area (TPSA) is 155 Å². The van der Waals surface area contributed by atoms with Gasteiger partial charge in [-0.3, -0.25) is 9.59 Å². The Kier molecular flexibility index (Phi) is 9.22. The van der Waals surface area contributed by atoms with Gasteiger partial charge in [0.1, 0.15) is 11.0 Å². The lowest BCUT2D eigenvalue weighted by Crippen LogP contribution is -2.19. The van der Waals surface area contributed by atoms with Gasteiger partial charge in [-0.25, -0.2) is 14.6 Å². The van der Waals surface area contributed by atoms with Gasteiger partial charge in [-0.15, -0.1) is 11.8 Å². The summed E-state index contributed by atoms with van der Waals surface area (Å²) in [6.07, 6.45) is 0. The van der Waals surface area contributed by atoms with Crippen molar-refractivity contribution in [2.75, 3.05) is 17.2 Å². The lowest BCUT2D eigenvalue weighted by Gasteiger charge is -2.16. The van der Waals surface area contributed by atoms with E-state index in [0.29, 0.717) is 17.4 Å². The number of fused-ring (bicyclic) bond motifs is 1. The zero-order valence-electron chi connectivity index (χ0n) is 23.1. The largest absolute Gasteiger partial charge is 0.494 e. The lowest BCUT2D eigenvalue weighted by atomic mass is 10.0. The summed E-state index contributed by atoms with van der Waals surface area (Å²) in [5, 5.41) is 24.1. The number of ether oxygens (including phenoxy) is 1. The quantitative estimate of drug-likeness (QED) is 0.116. The summed E-state index contributed by atoms with van der Waals surface area (Å²) in [6.45, 7) is 2.46. The Morgan fingerprint density at radius 3 is 2.30 bits per heavy atom. The second-order valence-electron chi connectivity index (χ2n) is 9.33. The fourth-order valence-corrected chi connectivity index (χ4v) is 6.21. The van der Waals surface area contributed by atoms with Crippen LogP contribution >= 0.6 is 23.1 Å². The van der Waals surface area contributed by atoms with Crippen molar-refractivity contribution in [1.82, 2.24) is 4.98 Å². The predicted molar refractivity (Wildman–Crippen MR) is 169 cm³/mol. The molecule has 12 heteroatoms.